The summed E-state index contributed by atoms with van der Waals surface area (Å²) in [4.78, 5) is 10.8. The Morgan fingerprint density at radius 3 is 2.86 bits per heavy atom. The number of nitrogens with zero attached hydrogens (tertiary/aromatic N) is 3. The summed E-state index contributed by atoms with van der Waals surface area (Å²) in [5.74, 6) is 1.87. The molecule has 0 N–H and O–H groups in total. The minimum Gasteiger partial charge on any atom is -0.353 e. The largest absolute Gasteiger partial charge is 0.353 e. The van der Waals surface area contributed by atoms with Crippen molar-refractivity contribution in [3.63, 3.8) is 0 Å². The summed E-state index contributed by atoms with van der Waals surface area (Å²) in [6, 6.07) is 0.605. The highest BCUT2D eigenvalue weighted by molar-refractivity contribution is 14.1. The van der Waals surface area contributed by atoms with Gasteiger partial charge < -0.3 is 4.90 Å². The van der Waals surface area contributed by atoms with E-state index < -0.39 is 0 Å². The Morgan fingerprint density at radius 1 is 1.50 bits per heavy atom. The van der Waals surface area contributed by atoms with Crippen molar-refractivity contribution >= 4 is 28.4 Å². The monoisotopic (exact) mass is 303 g/mol. The topological polar surface area (TPSA) is 29.0 Å². The molecule has 3 nitrogen and oxygen atoms in total. The van der Waals surface area contributed by atoms with Crippen molar-refractivity contribution in [1.82, 2.24) is 9.97 Å². The molecule has 2 rings (SSSR count). The first kappa shape index (κ1) is 10.1. The molecular formula is C10H14IN3. The van der Waals surface area contributed by atoms with Crippen LogP contribution < -0.4 is 4.90 Å². The van der Waals surface area contributed by atoms with Gasteiger partial charge in [-0.3, -0.25) is 0 Å². The van der Waals surface area contributed by atoms with Crippen molar-refractivity contribution in [2.45, 2.75) is 26.3 Å². The fourth-order valence-corrected chi connectivity index (χ4v) is 2.72. The first-order chi connectivity index (χ1) is 6.68. The van der Waals surface area contributed by atoms with Gasteiger partial charge >= 0.3 is 0 Å². The van der Waals surface area contributed by atoms with Crippen molar-refractivity contribution in [3.05, 3.63) is 16.1 Å². The normalized spacial score (nSPS) is 26.9. The van der Waals surface area contributed by atoms with Gasteiger partial charge in [0.05, 0.1) is 3.57 Å². The summed E-state index contributed by atoms with van der Waals surface area (Å²) < 4.78 is 1.14. The van der Waals surface area contributed by atoms with Crippen LogP contribution in [0.5, 0.6) is 0 Å². The number of rotatable bonds is 1. The minimum atomic E-state index is 0.605. The van der Waals surface area contributed by atoms with E-state index >= 15 is 0 Å². The second-order valence-electron chi connectivity index (χ2n) is 4.04. The van der Waals surface area contributed by atoms with Gasteiger partial charge in [-0.05, 0) is 41.9 Å². The third kappa shape index (κ3) is 1.85. The molecule has 0 aromatic carbocycles. The van der Waals surface area contributed by atoms with E-state index in [1.807, 2.05) is 6.20 Å². The molecule has 1 aliphatic heterocycles. The fraction of sp³-hybridized carbons (Fsp3) is 0.600. The molecule has 0 radical (unpaired) electrons. The van der Waals surface area contributed by atoms with E-state index in [4.69, 9.17) is 0 Å². The molecule has 1 aromatic heterocycles. The lowest BCUT2D eigenvalue weighted by molar-refractivity contribution is 0.625. The van der Waals surface area contributed by atoms with Gasteiger partial charge in [0.25, 0.3) is 0 Å². The van der Waals surface area contributed by atoms with Crippen LogP contribution in [0.25, 0.3) is 0 Å². The van der Waals surface area contributed by atoms with Gasteiger partial charge in [-0.15, -0.1) is 0 Å². The van der Waals surface area contributed by atoms with Crippen LogP contribution in [-0.2, 0) is 0 Å². The van der Waals surface area contributed by atoms with Crippen LogP contribution in [0.4, 0.5) is 5.82 Å². The highest BCUT2D eigenvalue weighted by Crippen LogP contribution is 2.29. The molecule has 4 heteroatoms. The molecule has 1 aromatic rings. The van der Waals surface area contributed by atoms with Crippen molar-refractivity contribution < 1.29 is 0 Å². The molecule has 1 fully saturated rings. The average Bonchev–Trinajstić information content (AvgIpc) is 2.46. The van der Waals surface area contributed by atoms with Gasteiger partial charge in [0.2, 0.25) is 0 Å². The molecule has 0 amide bonds. The second-order valence-corrected chi connectivity index (χ2v) is 5.20. The van der Waals surface area contributed by atoms with E-state index in [9.17, 15) is 0 Å². The predicted octanol–water partition coefficient (Wildman–Crippen LogP) is 2.32. The number of anilines is 1. The molecular weight excluding hydrogens is 289 g/mol. The zero-order chi connectivity index (χ0) is 10.1. The minimum absolute atomic E-state index is 0.605. The third-order valence-corrected chi connectivity index (χ3v) is 3.47. The van der Waals surface area contributed by atoms with Crippen molar-refractivity contribution in [1.29, 1.82) is 0 Å². The molecule has 0 spiro atoms. The van der Waals surface area contributed by atoms with Crippen LogP contribution in [0.3, 0.4) is 0 Å². The van der Waals surface area contributed by atoms with Crippen molar-refractivity contribution in [2.75, 3.05) is 11.4 Å². The lowest BCUT2D eigenvalue weighted by Crippen LogP contribution is -2.28. The van der Waals surface area contributed by atoms with E-state index in [-0.39, 0.29) is 0 Å². The van der Waals surface area contributed by atoms with Crippen molar-refractivity contribution in [3.8, 4) is 0 Å². The Kier molecular flexibility index (Phi) is 2.90. The zero-order valence-electron chi connectivity index (χ0n) is 8.44. The van der Waals surface area contributed by atoms with E-state index in [1.54, 1.807) is 6.33 Å². The second kappa shape index (κ2) is 4.00. The zero-order valence-corrected chi connectivity index (χ0v) is 10.6. The van der Waals surface area contributed by atoms with Crippen LogP contribution >= 0.6 is 22.6 Å². The lowest BCUT2D eigenvalue weighted by atomic mass is 10.1. The molecule has 0 bridgehead atoms. The summed E-state index contributed by atoms with van der Waals surface area (Å²) in [5.41, 5.74) is 0. The smallest absolute Gasteiger partial charge is 0.145 e. The maximum Gasteiger partial charge on any atom is 0.145 e. The Bertz CT molecular complexity index is 329. The molecule has 1 saturated heterocycles. The Labute approximate surface area is 98.1 Å². The number of hydrogen-bond acceptors (Lipinski definition) is 3. The Morgan fingerprint density at radius 2 is 2.29 bits per heavy atom. The summed E-state index contributed by atoms with van der Waals surface area (Å²) in [6.45, 7) is 5.68. The highest BCUT2D eigenvalue weighted by Gasteiger charge is 2.28. The predicted molar refractivity (Wildman–Crippen MR) is 65.3 cm³/mol. The van der Waals surface area contributed by atoms with Crippen LogP contribution in [0, 0.1) is 9.49 Å². The SMILES string of the molecule is CC1CC(C)N(c2ncncc2I)C1. The first-order valence-electron chi connectivity index (χ1n) is 4.90. The molecule has 2 unspecified atom stereocenters. The maximum absolute atomic E-state index is 4.35. The van der Waals surface area contributed by atoms with E-state index in [0.29, 0.717) is 6.04 Å². The van der Waals surface area contributed by atoms with E-state index in [1.165, 1.54) is 6.42 Å². The average molecular weight is 303 g/mol. The van der Waals surface area contributed by atoms with Gasteiger partial charge in [0.15, 0.2) is 0 Å². The van der Waals surface area contributed by atoms with E-state index in [0.717, 1.165) is 21.9 Å². The molecule has 0 aliphatic carbocycles. The molecule has 0 saturated carbocycles. The lowest BCUT2D eigenvalue weighted by Gasteiger charge is -2.23. The molecule has 2 heterocycles. The van der Waals surface area contributed by atoms with E-state index in [2.05, 4.69) is 51.3 Å². The molecule has 2 atom stereocenters. The van der Waals surface area contributed by atoms with Crippen LogP contribution in [-0.4, -0.2) is 22.6 Å². The van der Waals surface area contributed by atoms with Gasteiger partial charge in [-0.25, -0.2) is 9.97 Å². The Balaban J connectivity index is 2.27. The Hall–Kier alpha value is -0.390. The van der Waals surface area contributed by atoms with Gasteiger partial charge in [0, 0.05) is 18.8 Å². The maximum atomic E-state index is 4.35. The molecule has 14 heavy (non-hydrogen) atoms. The summed E-state index contributed by atoms with van der Waals surface area (Å²) in [5, 5.41) is 0. The fourth-order valence-electron chi connectivity index (χ4n) is 2.11. The van der Waals surface area contributed by atoms with Crippen LogP contribution in [0.2, 0.25) is 0 Å². The van der Waals surface area contributed by atoms with Crippen LogP contribution in [0.1, 0.15) is 20.3 Å². The number of hydrogen-bond donors (Lipinski definition) is 0. The van der Waals surface area contributed by atoms with Crippen LogP contribution in [0.15, 0.2) is 12.5 Å². The summed E-state index contributed by atoms with van der Waals surface area (Å²) in [6.07, 6.45) is 4.77. The standard InChI is InChI=1S/C10H14IN3/c1-7-3-8(2)14(5-7)10-9(11)4-12-6-13-10/h4,6-8H,3,5H2,1-2H3. The quantitative estimate of drug-likeness (QED) is 0.746. The van der Waals surface area contributed by atoms with Gasteiger partial charge in [0.1, 0.15) is 12.1 Å². The molecule has 76 valence electrons. The first-order valence-corrected chi connectivity index (χ1v) is 5.98. The van der Waals surface area contributed by atoms with Gasteiger partial charge in [-0.2, -0.15) is 0 Å². The third-order valence-electron chi connectivity index (χ3n) is 2.70. The van der Waals surface area contributed by atoms with Crippen molar-refractivity contribution in [2.24, 2.45) is 5.92 Å². The molecule has 1 aliphatic rings. The van der Waals surface area contributed by atoms with Gasteiger partial charge in [-0.1, -0.05) is 6.92 Å². The number of halogens is 1. The number of aromatic nitrogens is 2. The summed E-state index contributed by atoms with van der Waals surface area (Å²) in [7, 11) is 0. The summed E-state index contributed by atoms with van der Waals surface area (Å²) >= 11 is 2.30. The highest BCUT2D eigenvalue weighted by atomic mass is 127.